The first-order valence-electron chi connectivity index (χ1n) is 5.80. The lowest BCUT2D eigenvalue weighted by molar-refractivity contribution is 0.321. The van der Waals surface area contributed by atoms with E-state index in [9.17, 15) is 0 Å². The topological polar surface area (TPSA) is 32.6 Å². The van der Waals surface area contributed by atoms with Gasteiger partial charge in [0, 0.05) is 0 Å². The zero-order valence-electron chi connectivity index (χ0n) is 9.76. The Labute approximate surface area is 97.3 Å². The van der Waals surface area contributed by atoms with E-state index in [1.807, 2.05) is 30.3 Å². The number of hydrogen-bond acceptors (Lipinski definition) is 2. The standard InChI is InChI=1S/C14H19NO/c1-2-3-5-10-14(12-15-16)11-13-8-6-4-7-9-13/h4,6-9,11-12,16H,2-3,5,10H2,1H3/b14-11+,15-12-. The average Bonchev–Trinajstić information content (AvgIpc) is 2.31. The molecule has 0 bridgehead atoms. The lowest BCUT2D eigenvalue weighted by Gasteiger charge is -2.01. The third-order valence-electron chi connectivity index (χ3n) is 2.44. The molecule has 1 N–H and O–H groups in total. The van der Waals surface area contributed by atoms with E-state index in [1.165, 1.54) is 19.1 Å². The van der Waals surface area contributed by atoms with Gasteiger partial charge in [-0.2, -0.15) is 0 Å². The minimum absolute atomic E-state index is 0.965. The van der Waals surface area contributed by atoms with Crippen molar-refractivity contribution in [2.24, 2.45) is 5.16 Å². The molecule has 2 heteroatoms. The maximum Gasteiger partial charge on any atom is 0.0693 e. The number of benzene rings is 1. The monoisotopic (exact) mass is 217 g/mol. The molecule has 0 amide bonds. The van der Waals surface area contributed by atoms with E-state index < -0.39 is 0 Å². The molecule has 0 saturated heterocycles. The number of allylic oxidation sites excluding steroid dienone is 1. The van der Waals surface area contributed by atoms with Gasteiger partial charge in [-0.05, 0) is 24.0 Å². The highest BCUT2D eigenvalue weighted by Crippen LogP contribution is 2.12. The molecule has 1 aromatic carbocycles. The summed E-state index contributed by atoms with van der Waals surface area (Å²) in [6.45, 7) is 2.18. The summed E-state index contributed by atoms with van der Waals surface area (Å²) in [6.07, 6.45) is 8.12. The predicted octanol–water partition coefficient (Wildman–Crippen LogP) is 4.11. The van der Waals surface area contributed by atoms with Crippen molar-refractivity contribution in [2.45, 2.75) is 32.6 Å². The molecule has 16 heavy (non-hydrogen) atoms. The Morgan fingerprint density at radius 2 is 2.00 bits per heavy atom. The molecule has 0 aliphatic heterocycles. The largest absolute Gasteiger partial charge is 0.411 e. The summed E-state index contributed by atoms with van der Waals surface area (Å²) in [5.41, 5.74) is 2.22. The van der Waals surface area contributed by atoms with E-state index >= 15 is 0 Å². The maximum absolute atomic E-state index is 8.60. The highest BCUT2D eigenvalue weighted by molar-refractivity contribution is 5.85. The Morgan fingerprint density at radius 1 is 1.25 bits per heavy atom. The van der Waals surface area contributed by atoms with E-state index in [0.717, 1.165) is 24.0 Å². The van der Waals surface area contributed by atoms with Crippen molar-refractivity contribution in [3.8, 4) is 0 Å². The van der Waals surface area contributed by atoms with Gasteiger partial charge in [0.15, 0.2) is 0 Å². The normalized spacial score (nSPS) is 12.2. The molecule has 0 atom stereocenters. The fraction of sp³-hybridized carbons (Fsp3) is 0.357. The molecule has 1 aromatic rings. The number of nitrogens with zero attached hydrogens (tertiary/aromatic N) is 1. The highest BCUT2D eigenvalue weighted by atomic mass is 16.4. The van der Waals surface area contributed by atoms with Crippen LogP contribution in [0.1, 0.15) is 38.2 Å². The van der Waals surface area contributed by atoms with Gasteiger partial charge >= 0.3 is 0 Å². The van der Waals surface area contributed by atoms with Crippen LogP contribution in [0, 0.1) is 0 Å². The average molecular weight is 217 g/mol. The molecule has 1 rings (SSSR count). The molecule has 0 spiro atoms. The first kappa shape index (κ1) is 12.5. The molecule has 0 radical (unpaired) electrons. The third-order valence-corrected chi connectivity index (χ3v) is 2.44. The van der Waals surface area contributed by atoms with Crippen LogP contribution in [0.2, 0.25) is 0 Å². The van der Waals surface area contributed by atoms with Gasteiger partial charge in [-0.25, -0.2) is 0 Å². The van der Waals surface area contributed by atoms with Gasteiger partial charge in [-0.3, -0.25) is 0 Å². The lowest BCUT2D eigenvalue weighted by atomic mass is 10.1. The molecular formula is C14H19NO. The van der Waals surface area contributed by atoms with Crippen LogP contribution in [0.3, 0.4) is 0 Å². The van der Waals surface area contributed by atoms with E-state index in [2.05, 4.69) is 18.2 Å². The van der Waals surface area contributed by atoms with Gasteiger partial charge in [-0.1, -0.05) is 61.3 Å². The summed E-state index contributed by atoms with van der Waals surface area (Å²) in [5, 5.41) is 11.7. The fourth-order valence-electron chi connectivity index (χ4n) is 1.59. The fourth-order valence-corrected chi connectivity index (χ4v) is 1.59. The summed E-state index contributed by atoms with van der Waals surface area (Å²) in [7, 11) is 0. The Kier molecular flexibility index (Phi) is 6.00. The van der Waals surface area contributed by atoms with E-state index in [1.54, 1.807) is 0 Å². The summed E-state index contributed by atoms with van der Waals surface area (Å²) in [4.78, 5) is 0. The zero-order valence-corrected chi connectivity index (χ0v) is 9.76. The van der Waals surface area contributed by atoms with Crippen LogP contribution in [0.5, 0.6) is 0 Å². The molecule has 0 heterocycles. The molecular weight excluding hydrogens is 198 g/mol. The van der Waals surface area contributed by atoms with Gasteiger partial charge in [-0.15, -0.1) is 0 Å². The summed E-state index contributed by atoms with van der Waals surface area (Å²) in [6, 6.07) is 10.1. The van der Waals surface area contributed by atoms with Crippen LogP contribution in [0.25, 0.3) is 6.08 Å². The van der Waals surface area contributed by atoms with Crippen molar-refractivity contribution in [3.63, 3.8) is 0 Å². The van der Waals surface area contributed by atoms with Crippen LogP contribution in [0.15, 0.2) is 41.1 Å². The van der Waals surface area contributed by atoms with Crippen molar-refractivity contribution in [1.29, 1.82) is 0 Å². The summed E-state index contributed by atoms with van der Waals surface area (Å²) in [5.74, 6) is 0. The predicted molar refractivity (Wildman–Crippen MR) is 68.8 cm³/mol. The van der Waals surface area contributed by atoms with Gasteiger partial charge in [0.1, 0.15) is 0 Å². The van der Waals surface area contributed by atoms with Crippen molar-refractivity contribution >= 4 is 12.3 Å². The van der Waals surface area contributed by atoms with Gasteiger partial charge in [0.05, 0.1) is 6.21 Å². The Morgan fingerprint density at radius 3 is 2.62 bits per heavy atom. The van der Waals surface area contributed by atoms with Gasteiger partial charge in [0.25, 0.3) is 0 Å². The molecule has 86 valence electrons. The van der Waals surface area contributed by atoms with Crippen molar-refractivity contribution in [2.75, 3.05) is 0 Å². The Hall–Kier alpha value is -1.57. The molecule has 0 saturated carbocycles. The SMILES string of the molecule is CCCCCC(/C=N\O)=C\c1ccccc1. The minimum Gasteiger partial charge on any atom is -0.411 e. The molecule has 0 fully saturated rings. The second-order valence-electron chi connectivity index (χ2n) is 3.83. The third kappa shape index (κ3) is 4.78. The van der Waals surface area contributed by atoms with Crippen molar-refractivity contribution in [3.05, 3.63) is 41.5 Å². The molecule has 0 aromatic heterocycles. The number of unbranched alkanes of at least 4 members (excludes halogenated alkanes) is 2. The number of rotatable bonds is 6. The Balaban J connectivity index is 2.65. The van der Waals surface area contributed by atoms with E-state index in [-0.39, 0.29) is 0 Å². The van der Waals surface area contributed by atoms with Crippen LogP contribution in [-0.2, 0) is 0 Å². The quantitative estimate of drug-likeness (QED) is 0.331. The summed E-state index contributed by atoms with van der Waals surface area (Å²) < 4.78 is 0. The molecule has 2 nitrogen and oxygen atoms in total. The first-order chi connectivity index (χ1) is 7.86. The van der Waals surface area contributed by atoms with Crippen LogP contribution >= 0.6 is 0 Å². The lowest BCUT2D eigenvalue weighted by Crippen LogP contribution is -1.87. The van der Waals surface area contributed by atoms with Crippen molar-refractivity contribution < 1.29 is 5.21 Å². The van der Waals surface area contributed by atoms with E-state index in [0.29, 0.717) is 0 Å². The molecule has 0 aliphatic rings. The maximum atomic E-state index is 8.60. The highest BCUT2D eigenvalue weighted by Gasteiger charge is 1.95. The van der Waals surface area contributed by atoms with E-state index in [4.69, 9.17) is 5.21 Å². The minimum atomic E-state index is 0.965. The molecule has 0 unspecified atom stereocenters. The van der Waals surface area contributed by atoms with Gasteiger partial charge in [0.2, 0.25) is 0 Å². The summed E-state index contributed by atoms with van der Waals surface area (Å²) >= 11 is 0. The van der Waals surface area contributed by atoms with Crippen LogP contribution in [0.4, 0.5) is 0 Å². The van der Waals surface area contributed by atoms with Crippen molar-refractivity contribution in [1.82, 2.24) is 0 Å². The first-order valence-corrected chi connectivity index (χ1v) is 5.80. The van der Waals surface area contributed by atoms with Gasteiger partial charge < -0.3 is 5.21 Å². The Bertz CT molecular complexity index is 341. The van der Waals surface area contributed by atoms with Crippen LogP contribution < -0.4 is 0 Å². The second-order valence-corrected chi connectivity index (χ2v) is 3.83. The van der Waals surface area contributed by atoms with Crippen LogP contribution in [-0.4, -0.2) is 11.4 Å². The smallest absolute Gasteiger partial charge is 0.0693 e. The second kappa shape index (κ2) is 7.69. The number of oxime groups is 1. The zero-order chi connectivity index (χ0) is 11.6. The molecule has 0 aliphatic carbocycles. The number of hydrogen-bond donors (Lipinski definition) is 1.